The van der Waals surface area contributed by atoms with E-state index in [1.807, 2.05) is 31.4 Å². The lowest BCUT2D eigenvalue weighted by Gasteiger charge is -2.37. The zero-order chi connectivity index (χ0) is 20.6. The van der Waals surface area contributed by atoms with Gasteiger partial charge in [0.1, 0.15) is 5.60 Å². The summed E-state index contributed by atoms with van der Waals surface area (Å²) in [6.07, 6.45) is 6.26. The van der Waals surface area contributed by atoms with E-state index in [0.29, 0.717) is 19.0 Å². The standard InChI is InChI=1S/C20H27N7O2/c1-20(2,3)29-19(28)26-8-6-25(7-9-26)17-10-15(14-4-5-14)12-27-13-16(11-22-24-21)23-18(17)27/h10,12-14H,4-9,11H2,1-3H3. The predicted molar refractivity (Wildman–Crippen MR) is 110 cm³/mol. The van der Waals surface area contributed by atoms with Crippen LogP contribution in [0.25, 0.3) is 16.1 Å². The van der Waals surface area contributed by atoms with Gasteiger partial charge in [-0.2, -0.15) is 0 Å². The van der Waals surface area contributed by atoms with Gasteiger partial charge in [-0.1, -0.05) is 5.11 Å². The Morgan fingerprint density at radius 1 is 1.28 bits per heavy atom. The number of ether oxygens (including phenoxy) is 1. The molecule has 1 aliphatic carbocycles. The first-order valence-corrected chi connectivity index (χ1v) is 10.1. The van der Waals surface area contributed by atoms with Gasteiger partial charge in [-0.15, -0.1) is 0 Å². The van der Waals surface area contributed by atoms with Crippen LogP contribution in [0.2, 0.25) is 0 Å². The summed E-state index contributed by atoms with van der Waals surface area (Å²) in [5.74, 6) is 0.615. The molecule has 0 bridgehead atoms. The summed E-state index contributed by atoms with van der Waals surface area (Å²) in [5.41, 5.74) is 12.1. The molecule has 154 valence electrons. The Labute approximate surface area is 169 Å². The quantitative estimate of drug-likeness (QED) is 0.441. The molecule has 1 saturated heterocycles. The van der Waals surface area contributed by atoms with E-state index in [1.165, 1.54) is 18.4 Å². The van der Waals surface area contributed by atoms with Crippen molar-refractivity contribution in [2.75, 3.05) is 31.1 Å². The van der Waals surface area contributed by atoms with Crippen molar-refractivity contribution < 1.29 is 9.53 Å². The number of imidazole rings is 1. The van der Waals surface area contributed by atoms with Crippen LogP contribution < -0.4 is 4.90 Å². The van der Waals surface area contributed by atoms with Gasteiger partial charge in [0.2, 0.25) is 0 Å². The van der Waals surface area contributed by atoms with Crippen molar-refractivity contribution in [3.63, 3.8) is 0 Å². The van der Waals surface area contributed by atoms with E-state index in [-0.39, 0.29) is 12.6 Å². The van der Waals surface area contributed by atoms with Gasteiger partial charge in [-0.05, 0) is 56.7 Å². The third-order valence-corrected chi connectivity index (χ3v) is 5.22. The zero-order valence-corrected chi connectivity index (χ0v) is 17.2. The van der Waals surface area contributed by atoms with Gasteiger partial charge in [-0.25, -0.2) is 9.78 Å². The Balaban J connectivity index is 1.56. The topological polar surface area (TPSA) is 98.8 Å². The van der Waals surface area contributed by atoms with Gasteiger partial charge in [0.05, 0.1) is 17.9 Å². The molecule has 4 rings (SSSR count). The molecular formula is C20H27N7O2. The van der Waals surface area contributed by atoms with Crippen LogP contribution >= 0.6 is 0 Å². The van der Waals surface area contributed by atoms with E-state index in [4.69, 9.17) is 15.3 Å². The number of pyridine rings is 1. The number of fused-ring (bicyclic) bond motifs is 1. The largest absolute Gasteiger partial charge is 0.444 e. The molecule has 2 fully saturated rings. The summed E-state index contributed by atoms with van der Waals surface area (Å²) in [6.45, 7) is 8.56. The maximum atomic E-state index is 12.4. The number of nitrogens with zero attached hydrogens (tertiary/aromatic N) is 7. The van der Waals surface area contributed by atoms with Gasteiger partial charge in [0.25, 0.3) is 0 Å². The minimum absolute atomic E-state index is 0.239. The molecule has 2 aromatic rings. The van der Waals surface area contributed by atoms with Gasteiger partial charge in [-0.3, -0.25) is 0 Å². The number of piperazine rings is 1. The lowest BCUT2D eigenvalue weighted by molar-refractivity contribution is 0.0240. The van der Waals surface area contributed by atoms with Crippen LogP contribution in [-0.4, -0.2) is 52.2 Å². The smallest absolute Gasteiger partial charge is 0.410 e. The Hall–Kier alpha value is -2.93. The maximum absolute atomic E-state index is 12.4. The average molecular weight is 397 g/mol. The summed E-state index contributed by atoms with van der Waals surface area (Å²) >= 11 is 0. The number of rotatable bonds is 4. The van der Waals surface area contributed by atoms with Crippen molar-refractivity contribution in [2.24, 2.45) is 5.11 Å². The monoisotopic (exact) mass is 397 g/mol. The van der Waals surface area contributed by atoms with Crippen molar-refractivity contribution >= 4 is 17.4 Å². The highest BCUT2D eigenvalue weighted by Crippen LogP contribution is 2.42. The molecule has 0 spiro atoms. The molecule has 1 saturated carbocycles. The number of anilines is 1. The SMILES string of the molecule is CC(C)(C)OC(=O)N1CCN(c2cc(C3CC3)cn3cc(CN=[N+]=[N-])nc23)CC1. The molecule has 2 aromatic heterocycles. The fourth-order valence-electron chi connectivity index (χ4n) is 3.66. The number of amides is 1. The van der Waals surface area contributed by atoms with Crippen LogP contribution in [-0.2, 0) is 11.3 Å². The summed E-state index contributed by atoms with van der Waals surface area (Å²) in [6, 6.07) is 2.24. The van der Waals surface area contributed by atoms with E-state index in [0.717, 1.165) is 30.1 Å². The number of hydrogen-bond acceptors (Lipinski definition) is 5. The number of azide groups is 1. The molecule has 3 heterocycles. The number of aromatic nitrogens is 2. The lowest BCUT2D eigenvalue weighted by Crippen LogP contribution is -2.50. The van der Waals surface area contributed by atoms with E-state index in [1.54, 1.807) is 4.90 Å². The van der Waals surface area contributed by atoms with Gasteiger partial charge in [0, 0.05) is 43.5 Å². The summed E-state index contributed by atoms with van der Waals surface area (Å²) < 4.78 is 7.55. The van der Waals surface area contributed by atoms with E-state index in [9.17, 15) is 4.79 Å². The average Bonchev–Trinajstić information content (AvgIpc) is 3.44. The molecular weight excluding hydrogens is 370 g/mol. The molecule has 0 unspecified atom stereocenters. The van der Waals surface area contributed by atoms with Crippen molar-refractivity contribution in [1.29, 1.82) is 0 Å². The first-order chi connectivity index (χ1) is 13.8. The van der Waals surface area contributed by atoms with Gasteiger partial charge < -0.3 is 18.9 Å². The fourth-order valence-corrected chi connectivity index (χ4v) is 3.66. The normalized spacial score (nSPS) is 17.3. The molecule has 0 aromatic carbocycles. The summed E-state index contributed by atoms with van der Waals surface area (Å²) in [4.78, 5) is 23.9. The second kappa shape index (κ2) is 7.48. The molecule has 0 N–H and O–H groups in total. The van der Waals surface area contributed by atoms with Crippen LogP contribution in [0.5, 0.6) is 0 Å². The molecule has 2 aliphatic rings. The highest BCUT2D eigenvalue weighted by molar-refractivity contribution is 5.72. The van der Waals surface area contributed by atoms with Crippen molar-refractivity contribution in [2.45, 2.75) is 51.7 Å². The molecule has 29 heavy (non-hydrogen) atoms. The summed E-state index contributed by atoms with van der Waals surface area (Å²) in [5, 5.41) is 3.64. The highest BCUT2D eigenvalue weighted by atomic mass is 16.6. The zero-order valence-electron chi connectivity index (χ0n) is 17.2. The molecule has 0 atom stereocenters. The molecule has 9 heteroatoms. The predicted octanol–water partition coefficient (Wildman–Crippen LogP) is 4.08. The van der Waals surface area contributed by atoms with Gasteiger partial charge in [0.15, 0.2) is 5.65 Å². The fraction of sp³-hybridized carbons (Fsp3) is 0.600. The first kappa shape index (κ1) is 19.4. The van der Waals surface area contributed by atoms with Gasteiger partial charge >= 0.3 is 6.09 Å². The molecule has 1 aliphatic heterocycles. The van der Waals surface area contributed by atoms with Crippen molar-refractivity contribution in [1.82, 2.24) is 14.3 Å². The Morgan fingerprint density at radius 3 is 2.62 bits per heavy atom. The van der Waals surface area contributed by atoms with Crippen LogP contribution in [0.1, 0.15) is 50.8 Å². The number of carbonyl (C=O) groups excluding carboxylic acids is 1. The summed E-state index contributed by atoms with van der Waals surface area (Å²) in [7, 11) is 0. The lowest BCUT2D eigenvalue weighted by atomic mass is 10.1. The van der Waals surface area contributed by atoms with Crippen LogP contribution in [0, 0.1) is 0 Å². The van der Waals surface area contributed by atoms with Crippen LogP contribution in [0.15, 0.2) is 23.6 Å². The number of carbonyl (C=O) groups is 1. The first-order valence-electron chi connectivity index (χ1n) is 10.1. The minimum Gasteiger partial charge on any atom is -0.444 e. The van der Waals surface area contributed by atoms with E-state index < -0.39 is 5.60 Å². The van der Waals surface area contributed by atoms with E-state index >= 15 is 0 Å². The third kappa shape index (κ3) is 4.40. The molecule has 1 amide bonds. The second-order valence-corrected chi connectivity index (χ2v) is 8.74. The third-order valence-electron chi connectivity index (χ3n) is 5.22. The molecule has 9 nitrogen and oxygen atoms in total. The molecule has 0 radical (unpaired) electrons. The van der Waals surface area contributed by atoms with Crippen molar-refractivity contribution in [3.8, 4) is 0 Å². The minimum atomic E-state index is -0.489. The van der Waals surface area contributed by atoms with E-state index in [2.05, 4.69) is 27.2 Å². The van der Waals surface area contributed by atoms with Crippen molar-refractivity contribution in [3.05, 3.63) is 40.2 Å². The Morgan fingerprint density at radius 2 is 2.00 bits per heavy atom. The Bertz CT molecular complexity index is 959. The second-order valence-electron chi connectivity index (χ2n) is 8.74. The van der Waals surface area contributed by atoms with Crippen LogP contribution in [0.4, 0.5) is 10.5 Å². The highest BCUT2D eigenvalue weighted by Gasteiger charge is 2.29. The number of hydrogen-bond donors (Lipinski definition) is 0. The maximum Gasteiger partial charge on any atom is 0.410 e. The Kier molecular flexibility index (Phi) is 5.00. The van der Waals surface area contributed by atoms with Crippen LogP contribution in [0.3, 0.4) is 0 Å².